The van der Waals surface area contributed by atoms with Crippen LogP contribution < -0.4 is 0 Å². The molecule has 0 fully saturated rings. The number of nitro groups is 1. The molecule has 5 nitrogen and oxygen atoms in total. The van der Waals surface area contributed by atoms with Gasteiger partial charge in [-0.15, -0.1) is 0 Å². The molecule has 0 heterocycles. The molecule has 0 amide bonds. The number of oxime groups is 1. The van der Waals surface area contributed by atoms with E-state index in [1.807, 2.05) is 0 Å². The normalized spacial score (nSPS) is 10.5. The second kappa shape index (κ2) is 3.66. The Morgan fingerprint density at radius 3 is 2.85 bits per heavy atom. The predicted molar refractivity (Wildman–Crippen MR) is 47.2 cm³/mol. The Labute approximate surface area is 74.5 Å². The van der Waals surface area contributed by atoms with Gasteiger partial charge in [0.05, 0.1) is 11.1 Å². The first-order valence-corrected chi connectivity index (χ1v) is 3.57. The van der Waals surface area contributed by atoms with Crippen molar-refractivity contribution in [2.75, 3.05) is 0 Å². The van der Waals surface area contributed by atoms with Gasteiger partial charge >= 0.3 is 0 Å². The van der Waals surface area contributed by atoms with Gasteiger partial charge in [0, 0.05) is 17.7 Å². The molecule has 68 valence electrons. The Hall–Kier alpha value is -1.91. The molecule has 0 radical (unpaired) electrons. The minimum Gasteiger partial charge on any atom is -0.411 e. The zero-order valence-electron chi connectivity index (χ0n) is 6.97. The van der Waals surface area contributed by atoms with E-state index in [0.717, 1.165) is 5.56 Å². The number of hydrogen-bond acceptors (Lipinski definition) is 4. The molecule has 0 aliphatic heterocycles. The van der Waals surface area contributed by atoms with Gasteiger partial charge in [0.1, 0.15) is 0 Å². The fourth-order valence-corrected chi connectivity index (χ4v) is 0.943. The van der Waals surface area contributed by atoms with Crippen molar-refractivity contribution in [3.05, 3.63) is 39.4 Å². The van der Waals surface area contributed by atoms with Crippen LogP contribution in [-0.2, 0) is 0 Å². The maximum Gasteiger partial charge on any atom is 0.270 e. The number of aryl methyl sites for hydroxylation is 1. The third kappa shape index (κ3) is 2.02. The fraction of sp³-hybridized carbons (Fsp3) is 0.125. The van der Waals surface area contributed by atoms with E-state index in [2.05, 4.69) is 5.16 Å². The van der Waals surface area contributed by atoms with Gasteiger partial charge in [-0.3, -0.25) is 10.1 Å². The summed E-state index contributed by atoms with van der Waals surface area (Å²) in [6, 6.07) is 4.37. The van der Waals surface area contributed by atoms with E-state index in [1.54, 1.807) is 13.0 Å². The van der Waals surface area contributed by atoms with E-state index in [4.69, 9.17) is 5.21 Å². The van der Waals surface area contributed by atoms with Gasteiger partial charge in [-0.1, -0.05) is 11.2 Å². The highest BCUT2D eigenvalue weighted by molar-refractivity contribution is 5.82. The molecule has 0 unspecified atom stereocenters. The van der Waals surface area contributed by atoms with Gasteiger partial charge in [0.25, 0.3) is 5.69 Å². The lowest BCUT2D eigenvalue weighted by Gasteiger charge is -1.97. The monoisotopic (exact) mass is 180 g/mol. The van der Waals surface area contributed by atoms with Crippen molar-refractivity contribution in [2.24, 2.45) is 5.16 Å². The molecule has 1 aromatic carbocycles. The lowest BCUT2D eigenvalue weighted by Crippen LogP contribution is -1.92. The largest absolute Gasteiger partial charge is 0.411 e. The number of nitro benzene ring substituents is 1. The molecular formula is C8H8N2O3. The highest BCUT2D eigenvalue weighted by atomic mass is 16.6. The number of non-ortho nitro benzene ring substituents is 1. The van der Waals surface area contributed by atoms with E-state index < -0.39 is 4.92 Å². The summed E-state index contributed by atoms with van der Waals surface area (Å²) in [5.41, 5.74) is 1.35. The molecule has 1 aromatic rings. The van der Waals surface area contributed by atoms with Crippen molar-refractivity contribution < 1.29 is 10.1 Å². The molecule has 5 heteroatoms. The highest BCUT2D eigenvalue weighted by Gasteiger charge is 2.06. The summed E-state index contributed by atoms with van der Waals surface area (Å²) in [6.07, 6.45) is 1.17. The van der Waals surface area contributed by atoms with E-state index >= 15 is 0 Å². The smallest absolute Gasteiger partial charge is 0.270 e. The van der Waals surface area contributed by atoms with E-state index in [9.17, 15) is 10.1 Å². The van der Waals surface area contributed by atoms with Gasteiger partial charge in [-0.2, -0.15) is 0 Å². The van der Waals surface area contributed by atoms with E-state index in [0.29, 0.717) is 5.56 Å². The quantitative estimate of drug-likeness (QED) is 0.326. The van der Waals surface area contributed by atoms with Crippen molar-refractivity contribution in [2.45, 2.75) is 6.92 Å². The predicted octanol–water partition coefficient (Wildman–Crippen LogP) is 1.71. The first-order valence-electron chi connectivity index (χ1n) is 3.57. The maximum atomic E-state index is 10.4. The zero-order chi connectivity index (χ0) is 9.84. The number of rotatable bonds is 2. The zero-order valence-corrected chi connectivity index (χ0v) is 6.97. The van der Waals surface area contributed by atoms with Gasteiger partial charge in [0.2, 0.25) is 0 Å². The minimum absolute atomic E-state index is 0.0134. The molecule has 13 heavy (non-hydrogen) atoms. The highest BCUT2D eigenvalue weighted by Crippen LogP contribution is 2.15. The van der Waals surface area contributed by atoms with Crippen LogP contribution in [0.5, 0.6) is 0 Å². The number of nitrogens with zero attached hydrogens (tertiary/aromatic N) is 2. The van der Waals surface area contributed by atoms with Crippen LogP contribution in [0.1, 0.15) is 11.1 Å². The van der Waals surface area contributed by atoms with Crippen molar-refractivity contribution in [1.82, 2.24) is 0 Å². The van der Waals surface area contributed by atoms with Gasteiger partial charge < -0.3 is 5.21 Å². The van der Waals surface area contributed by atoms with Crippen LogP contribution in [0.2, 0.25) is 0 Å². The molecule has 0 saturated heterocycles. The standard InChI is InChI=1S/C8H8N2O3/c1-6-2-3-8(10(12)13)4-7(6)5-9-11/h2-5,11H,1H3/b9-5-. The Balaban J connectivity index is 3.18. The van der Waals surface area contributed by atoms with Crippen LogP contribution in [0.3, 0.4) is 0 Å². The fourth-order valence-electron chi connectivity index (χ4n) is 0.943. The van der Waals surface area contributed by atoms with Crippen LogP contribution >= 0.6 is 0 Å². The molecule has 0 aromatic heterocycles. The maximum absolute atomic E-state index is 10.4. The van der Waals surface area contributed by atoms with Gasteiger partial charge in [-0.05, 0) is 12.5 Å². The summed E-state index contributed by atoms with van der Waals surface area (Å²) < 4.78 is 0. The molecule has 1 rings (SSSR count). The van der Waals surface area contributed by atoms with Crippen LogP contribution in [0, 0.1) is 17.0 Å². The summed E-state index contributed by atoms with van der Waals surface area (Å²) in [5, 5.41) is 21.5. The average molecular weight is 180 g/mol. The summed E-state index contributed by atoms with van der Waals surface area (Å²) in [7, 11) is 0. The molecule has 0 aliphatic rings. The summed E-state index contributed by atoms with van der Waals surface area (Å²) in [4.78, 5) is 9.88. The van der Waals surface area contributed by atoms with E-state index in [1.165, 1.54) is 18.3 Å². The molecule has 0 spiro atoms. The van der Waals surface area contributed by atoms with Crippen molar-refractivity contribution in [1.29, 1.82) is 0 Å². The number of benzene rings is 1. The Bertz CT molecular complexity index is 360. The van der Waals surface area contributed by atoms with Crippen molar-refractivity contribution in [3.8, 4) is 0 Å². The summed E-state index contributed by atoms with van der Waals surface area (Å²) in [5.74, 6) is 0. The van der Waals surface area contributed by atoms with Crippen LogP contribution in [0.4, 0.5) is 5.69 Å². The first kappa shape index (κ1) is 9.18. The van der Waals surface area contributed by atoms with Crippen LogP contribution in [0.15, 0.2) is 23.4 Å². The van der Waals surface area contributed by atoms with Gasteiger partial charge in [-0.25, -0.2) is 0 Å². The first-order chi connectivity index (χ1) is 6.15. The van der Waals surface area contributed by atoms with Crippen molar-refractivity contribution >= 4 is 11.9 Å². The summed E-state index contributed by atoms with van der Waals surface area (Å²) >= 11 is 0. The molecule has 0 atom stereocenters. The Morgan fingerprint density at radius 2 is 2.31 bits per heavy atom. The molecular weight excluding hydrogens is 172 g/mol. The average Bonchev–Trinajstić information content (AvgIpc) is 2.08. The van der Waals surface area contributed by atoms with Crippen LogP contribution in [-0.4, -0.2) is 16.3 Å². The number of hydrogen-bond donors (Lipinski definition) is 1. The van der Waals surface area contributed by atoms with Crippen LogP contribution in [0.25, 0.3) is 0 Å². The second-order valence-corrected chi connectivity index (χ2v) is 2.54. The van der Waals surface area contributed by atoms with E-state index in [-0.39, 0.29) is 5.69 Å². The topological polar surface area (TPSA) is 75.7 Å². The Kier molecular flexibility index (Phi) is 2.59. The molecule has 1 N–H and O–H groups in total. The Morgan fingerprint density at radius 1 is 1.62 bits per heavy atom. The lowest BCUT2D eigenvalue weighted by molar-refractivity contribution is -0.384. The van der Waals surface area contributed by atoms with Gasteiger partial charge in [0.15, 0.2) is 0 Å². The lowest BCUT2D eigenvalue weighted by atomic mass is 10.1. The third-order valence-electron chi connectivity index (χ3n) is 1.67. The van der Waals surface area contributed by atoms with Crippen molar-refractivity contribution in [3.63, 3.8) is 0 Å². The molecule has 0 saturated carbocycles. The summed E-state index contributed by atoms with van der Waals surface area (Å²) in [6.45, 7) is 1.78. The molecule has 0 bridgehead atoms. The second-order valence-electron chi connectivity index (χ2n) is 2.54. The SMILES string of the molecule is Cc1ccc([N+](=O)[O-])cc1/C=N\O. The third-order valence-corrected chi connectivity index (χ3v) is 1.67. The minimum atomic E-state index is -0.492. The molecule has 0 aliphatic carbocycles.